The van der Waals surface area contributed by atoms with Gasteiger partial charge in [-0.25, -0.2) is 0 Å². The number of ether oxygens (including phenoxy) is 1. The van der Waals surface area contributed by atoms with Gasteiger partial charge in [0.05, 0.1) is 0 Å². The normalized spacial score (nSPS) is 13.7. The van der Waals surface area contributed by atoms with Gasteiger partial charge in [0.2, 0.25) is 0 Å². The third-order valence-corrected chi connectivity index (χ3v) is 6.22. The molecule has 0 aromatic heterocycles. The van der Waals surface area contributed by atoms with Crippen LogP contribution < -0.4 is 0 Å². The molecule has 0 aliphatic heterocycles. The fourth-order valence-corrected chi connectivity index (χ4v) is 4.19. The Morgan fingerprint density at radius 3 is 2.21 bits per heavy atom. The lowest BCUT2D eigenvalue weighted by Crippen LogP contribution is -2.46. The maximum atomic E-state index is 10.5. The molecule has 0 aromatic carbocycles. The summed E-state index contributed by atoms with van der Waals surface area (Å²) in [6.45, 7) is 3.84. The van der Waals surface area contributed by atoms with Gasteiger partial charge in [-0.2, -0.15) is 0 Å². The van der Waals surface area contributed by atoms with Crippen molar-refractivity contribution in [2.75, 3.05) is 27.9 Å². The molecule has 0 amide bonds. The largest absolute Gasteiger partial charge is 0.503 e. The highest BCUT2D eigenvalue weighted by Gasteiger charge is 2.43. The summed E-state index contributed by atoms with van der Waals surface area (Å²) in [5.74, 6) is -0.255. The van der Waals surface area contributed by atoms with E-state index >= 15 is 0 Å². The lowest BCUT2D eigenvalue weighted by molar-refractivity contribution is -0.139. The van der Waals surface area contributed by atoms with Crippen molar-refractivity contribution in [2.24, 2.45) is 0 Å². The average Bonchev–Trinajstić information content (AvgIpc) is 2.40. The van der Waals surface area contributed by atoms with E-state index in [1.807, 2.05) is 12.2 Å². The highest BCUT2D eigenvalue weighted by atomic mass is 28.4. The molecule has 0 aromatic rings. The Balaban J connectivity index is 3.90. The van der Waals surface area contributed by atoms with Crippen molar-refractivity contribution in [2.45, 2.75) is 38.7 Å². The lowest BCUT2D eigenvalue weighted by atomic mass is 10.2. The molecule has 0 radical (unpaired) electrons. The van der Waals surface area contributed by atoms with Crippen LogP contribution >= 0.6 is 0 Å². The first kappa shape index (κ1) is 18.3. The Bertz CT molecular complexity index is 268. The van der Waals surface area contributed by atoms with Crippen LogP contribution in [0, 0.1) is 0 Å². The monoisotopic (exact) mass is 290 g/mol. The van der Waals surface area contributed by atoms with Gasteiger partial charge in [-0.1, -0.05) is 19.1 Å². The van der Waals surface area contributed by atoms with Crippen LogP contribution in [0.2, 0.25) is 5.54 Å². The zero-order valence-corrected chi connectivity index (χ0v) is 13.6. The van der Waals surface area contributed by atoms with E-state index in [-0.39, 0.29) is 11.5 Å². The Morgan fingerprint density at radius 2 is 1.74 bits per heavy atom. The van der Waals surface area contributed by atoms with Crippen molar-refractivity contribution in [3.63, 3.8) is 0 Å². The summed E-state index contributed by atoms with van der Waals surface area (Å²) in [7, 11) is 2.40. The third-order valence-electron chi connectivity index (χ3n) is 3.01. The van der Waals surface area contributed by atoms with Crippen LogP contribution in [0.15, 0.2) is 12.2 Å². The minimum absolute atomic E-state index is 0.255. The van der Waals surface area contributed by atoms with Crippen LogP contribution in [-0.2, 0) is 22.8 Å². The predicted octanol–water partition coefficient (Wildman–Crippen LogP) is 2.54. The van der Waals surface area contributed by atoms with E-state index in [2.05, 4.69) is 6.92 Å². The molecule has 5 nitrogen and oxygen atoms in total. The van der Waals surface area contributed by atoms with Gasteiger partial charge in [0.25, 0.3) is 0 Å². The topological polar surface area (TPSA) is 54.0 Å². The zero-order valence-electron chi connectivity index (χ0n) is 12.6. The number of hydrogen-bond acceptors (Lipinski definition) is 5. The Hall–Kier alpha value is -0.693. The molecule has 0 rings (SSSR count). The smallest absolute Gasteiger partial charge is 0.462 e. The van der Waals surface area contributed by atoms with Crippen molar-refractivity contribution < 1.29 is 22.8 Å². The number of unbranched alkanes of at least 4 members (excludes halogenated alkanes) is 1. The molecule has 0 fully saturated rings. The summed E-state index contributed by atoms with van der Waals surface area (Å²) < 4.78 is 21.1. The van der Waals surface area contributed by atoms with Crippen LogP contribution in [0.5, 0.6) is 0 Å². The fourth-order valence-electron chi connectivity index (χ4n) is 1.92. The Labute approximate surface area is 117 Å². The van der Waals surface area contributed by atoms with Gasteiger partial charge in [0.15, 0.2) is 0 Å². The quantitative estimate of drug-likeness (QED) is 0.268. The summed E-state index contributed by atoms with van der Waals surface area (Å²) in [4.78, 5) is 10.5. The van der Waals surface area contributed by atoms with Gasteiger partial charge in [-0.15, -0.1) is 0 Å². The van der Waals surface area contributed by atoms with Crippen molar-refractivity contribution >= 4 is 14.8 Å². The lowest BCUT2D eigenvalue weighted by Gasteiger charge is -2.30. The molecule has 0 N–H and O–H groups in total. The molecule has 6 heteroatoms. The summed E-state index contributed by atoms with van der Waals surface area (Å²) in [5, 5.41) is 0. The summed E-state index contributed by atoms with van der Waals surface area (Å²) >= 11 is 0. The molecule has 0 bridgehead atoms. The SMILES string of the molecule is CO[Si](OC)(OC)C(C)CCCC=CCOC(C)=O. The second-order valence-corrected chi connectivity index (χ2v) is 7.74. The van der Waals surface area contributed by atoms with E-state index in [1.165, 1.54) is 6.92 Å². The highest BCUT2D eigenvalue weighted by molar-refractivity contribution is 6.62. The maximum absolute atomic E-state index is 10.5. The van der Waals surface area contributed by atoms with E-state index in [4.69, 9.17) is 18.0 Å². The van der Waals surface area contributed by atoms with Gasteiger partial charge in [0, 0.05) is 33.8 Å². The zero-order chi connectivity index (χ0) is 14.7. The number of rotatable bonds is 10. The standard InChI is InChI=1S/C13H26O5Si/c1-12(19(15-3,16-4)17-5)10-8-6-7-9-11-18-13(2)14/h7,9,12H,6,8,10-11H2,1-5H3. The first-order valence-corrected chi connectivity index (χ1v) is 8.26. The van der Waals surface area contributed by atoms with E-state index in [1.54, 1.807) is 21.3 Å². The molecule has 0 heterocycles. The fraction of sp³-hybridized carbons (Fsp3) is 0.769. The van der Waals surface area contributed by atoms with Crippen LogP contribution in [-0.4, -0.2) is 42.7 Å². The second kappa shape index (κ2) is 10.1. The van der Waals surface area contributed by atoms with Gasteiger partial charge in [0.1, 0.15) is 6.61 Å². The second-order valence-electron chi connectivity index (χ2n) is 4.32. The molecule has 19 heavy (non-hydrogen) atoms. The molecular formula is C13H26O5Si. The first-order chi connectivity index (χ1) is 9.02. The van der Waals surface area contributed by atoms with Gasteiger partial charge < -0.3 is 18.0 Å². The summed E-state index contributed by atoms with van der Waals surface area (Å²) in [6.07, 6.45) is 6.81. The minimum Gasteiger partial charge on any atom is -0.462 e. The summed E-state index contributed by atoms with van der Waals surface area (Å²) in [5.41, 5.74) is 0.259. The predicted molar refractivity (Wildman–Crippen MR) is 75.8 cm³/mol. The summed E-state index contributed by atoms with van der Waals surface area (Å²) in [6, 6.07) is 0. The van der Waals surface area contributed by atoms with Gasteiger partial charge in [-0.3, -0.25) is 4.79 Å². The molecular weight excluding hydrogens is 264 g/mol. The number of carbonyl (C=O) groups excluding carboxylic acids is 1. The van der Waals surface area contributed by atoms with E-state index in [9.17, 15) is 4.79 Å². The minimum atomic E-state index is -2.50. The van der Waals surface area contributed by atoms with Crippen molar-refractivity contribution in [3.05, 3.63) is 12.2 Å². The number of allylic oxidation sites excluding steroid dienone is 1. The van der Waals surface area contributed by atoms with E-state index in [0.29, 0.717) is 6.61 Å². The van der Waals surface area contributed by atoms with Crippen molar-refractivity contribution in [3.8, 4) is 0 Å². The number of esters is 1. The van der Waals surface area contributed by atoms with E-state index in [0.717, 1.165) is 19.3 Å². The molecule has 1 unspecified atom stereocenters. The molecule has 0 saturated carbocycles. The Kier molecular flexibility index (Phi) is 9.77. The average molecular weight is 290 g/mol. The van der Waals surface area contributed by atoms with Gasteiger partial charge >= 0.3 is 14.8 Å². The molecule has 0 aliphatic rings. The Morgan fingerprint density at radius 1 is 1.16 bits per heavy atom. The molecule has 112 valence electrons. The highest BCUT2D eigenvalue weighted by Crippen LogP contribution is 2.28. The number of carbonyl (C=O) groups is 1. The van der Waals surface area contributed by atoms with Gasteiger partial charge in [-0.05, 0) is 19.3 Å². The molecule has 1 atom stereocenters. The van der Waals surface area contributed by atoms with Crippen LogP contribution in [0.1, 0.15) is 33.1 Å². The van der Waals surface area contributed by atoms with Crippen LogP contribution in [0.25, 0.3) is 0 Å². The van der Waals surface area contributed by atoms with Crippen LogP contribution in [0.4, 0.5) is 0 Å². The number of hydrogen-bond donors (Lipinski definition) is 0. The first-order valence-electron chi connectivity index (χ1n) is 6.46. The van der Waals surface area contributed by atoms with Crippen LogP contribution in [0.3, 0.4) is 0 Å². The van der Waals surface area contributed by atoms with Crippen molar-refractivity contribution in [1.29, 1.82) is 0 Å². The molecule has 0 saturated heterocycles. The van der Waals surface area contributed by atoms with E-state index < -0.39 is 8.80 Å². The molecule has 0 aliphatic carbocycles. The third kappa shape index (κ3) is 6.86. The van der Waals surface area contributed by atoms with Crippen molar-refractivity contribution in [1.82, 2.24) is 0 Å². The maximum Gasteiger partial charge on any atom is 0.503 e. The molecule has 0 spiro atoms.